The Hall–Kier alpha value is -2.52. The Labute approximate surface area is 183 Å². The molecule has 2 saturated heterocycles. The highest BCUT2D eigenvalue weighted by Gasteiger charge is 2.23. The van der Waals surface area contributed by atoms with Gasteiger partial charge in [0.25, 0.3) is 0 Å². The molecule has 0 saturated carbocycles. The summed E-state index contributed by atoms with van der Waals surface area (Å²) in [6.07, 6.45) is 7.22. The zero-order chi connectivity index (χ0) is 20.8. The van der Waals surface area contributed by atoms with E-state index in [1.807, 2.05) is 18.3 Å². The molecular formula is C21H29N7OS. The minimum Gasteiger partial charge on any atom is -0.378 e. The molecule has 0 spiro atoms. The van der Waals surface area contributed by atoms with Gasteiger partial charge in [0.05, 0.1) is 13.2 Å². The lowest BCUT2D eigenvalue weighted by atomic mass is 10.0. The topological polar surface area (TPSA) is 78.4 Å². The molecule has 1 atom stereocenters. The van der Waals surface area contributed by atoms with E-state index < -0.39 is 0 Å². The summed E-state index contributed by atoms with van der Waals surface area (Å²) in [6, 6.07) is 6.49. The van der Waals surface area contributed by atoms with Crippen molar-refractivity contribution in [2.75, 3.05) is 48.0 Å². The zero-order valence-corrected chi connectivity index (χ0v) is 18.2. The number of aromatic nitrogens is 3. The second-order valence-electron chi connectivity index (χ2n) is 7.71. The smallest absolute Gasteiger partial charge is 0.232 e. The Bertz CT molecular complexity index is 845. The van der Waals surface area contributed by atoms with Gasteiger partial charge in [-0.2, -0.15) is 9.97 Å². The summed E-state index contributed by atoms with van der Waals surface area (Å²) in [4.78, 5) is 18.3. The lowest BCUT2D eigenvalue weighted by molar-refractivity contribution is 0.122. The van der Waals surface area contributed by atoms with Gasteiger partial charge >= 0.3 is 0 Å². The van der Waals surface area contributed by atoms with Gasteiger partial charge in [-0.3, -0.25) is 4.98 Å². The summed E-state index contributed by atoms with van der Waals surface area (Å²) >= 11 is 5.49. The van der Waals surface area contributed by atoms with Crippen LogP contribution in [0.2, 0.25) is 0 Å². The number of nitrogens with one attached hydrogen (secondary N) is 2. The molecule has 2 aliphatic rings. The molecule has 9 heteroatoms. The maximum atomic E-state index is 5.51. The average molecular weight is 428 g/mol. The third-order valence-corrected chi connectivity index (χ3v) is 5.78. The Morgan fingerprint density at radius 3 is 2.80 bits per heavy atom. The highest BCUT2D eigenvalue weighted by atomic mass is 32.1. The van der Waals surface area contributed by atoms with Gasteiger partial charge in [0, 0.05) is 50.7 Å². The van der Waals surface area contributed by atoms with Crippen LogP contribution in [0.4, 0.5) is 17.6 Å². The monoisotopic (exact) mass is 427 g/mol. The summed E-state index contributed by atoms with van der Waals surface area (Å²) in [5.41, 5.74) is 1.06. The van der Waals surface area contributed by atoms with Crippen molar-refractivity contribution in [2.45, 2.75) is 38.8 Å². The van der Waals surface area contributed by atoms with Gasteiger partial charge in [-0.05, 0) is 50.0 Å². The molecule has 0 aromatic carbocycles. The molecule has 30 heavy (non-hydrogen) atoms. The van der Waals surface area contributed by atoms with Crippen LogP contribution in [0.15, 0.2) is 30.6 Å². The standard InChI is InChI=1S/C21H29N7OS/c1-16-5-2-3-8-28(16)19-13-18(27-9-11-29-12-10-27)24-20(25-19)26-21(30)23-15-17-6-4-7-22-14-17/h4,6-7,13-14,16H,2-3,5,8-12,15H2,1H3,(H2,23,24,25,26,30). The van der Waals surface area contributed by atoms with Crippen molar-refractivity contribution in [3.8, 4) is 0 Å². The predicted molar refractivity (Wildman–Crippen MR) is 123 cm³/mol. The van der Waals surface area contributed by atoms with Gasteiger partial charge in [-0.15, -0.1) is 0 Å². The molecule has 2 aromatic rings. The first-order valence-electron chi connectivity index (χ1n) is 10.6. The summed E-state index contributed by atoms with van der Waals surface area (Å²) in [7, 11) is 0. The van der Waals surface area contributed by atoms with Crippen LogP contribution in [0.5, 0.6) is 0 Å². The molecule has 2 fully saturated rings. The molecule has 0 amide bonds. The summed E-state index contributed by atoms with van der Waals surface area (Å²) in [5.74, 6) is 2.39. The molecule has 0 radical (unpaired) electrons. The van der Waals surface area contributed by atoms with E-state index in [1.54, 1.807) is 6.20 Å². The molecule has 0 aliphatic carbocycles. The van der Waals surface area contributed by atoms with Crippen LogP contribution in [0.25, 0.3) is 0 Å². The first-order valence-corrected chi connectivity index (χ1v) is 11.0. The second kappa shape index (κ2) is 9.99. The normalized spacial score (nSPS) is 19.4. The van der Waals surface area contributed by atoms with Crippen molar-refractivity contribution in [1.29, 1.82) is 0 Å². The molecule has 4 rings (SSSR count). The fraction of sp³-hybridized carbons (Fsp3) is 0.524. The highest BCUT2D eigenvalue weighted by molar-refractivity contribution is 7.80. The van der Waals surface area contributed by atoms with E-state index in [0.29, 0.717) is 36.9 Å². The van der Waals surface area contributed by atoms with Gasteiger partial charge in [-0.25, -0.2) is 0 Å². The third-order valence-electron chi connectivity index (χ3n) is 5.53. The van der Waals surface area contributed by atoms with Crippen LogP contribution in [0.1, 0.15) is 31.7 Å². The van der Waals surface area contributed by atoms with E-state index in [2.05, 4.69) is 38.4 Å². The molecule has 8 nitrogen and oxygen atoms in total. The Balaban J connectivity index is 1.51. The maximum Gasteiger partial charge on any atom is 0.232 e. The van der Waals surface area contributed by atoms with Crippen LogP contribution in [-0.4, -0.2) is 59.0 Å². The van der Waals surface area contributed by atoms with E-state index in [4.69, 9.17) is 26.9 Å². The number of anilines is 3. The minimum absolute atomic E-state index is 0.467. The highest BCUT2D eigenvalue weighted by Crippen LogP contribution is 2.27. The van der Waals surface area contributed by atoms with E-state index in [0.717, 1.165) is 36.8 Å². The van der Waals surface area contributed by atoms with Crippen LogP contribution in [0.3, 0.4) is 0 Å². The first kappa shape index (κ1) is 20.7. The van der Waals surface area contributed by atoms with Crippen molar-refractivity contribution < 1.29 is 4.74 Å². The second-order valence-corrected chi connectivity index (χ2v) is 8.12. The quantitative estimate of drug-likeness (QED) is 0.700. The molecule has 160 valence electrons. The van der Waals surface area contributed by atoms with Gasteiger partial charge in [-0.1, -0.05) is 6.07 Å². The molecular weight excluding hydrogens is 398 g/mol. The number of nitrogens with zero attached hydrogens (tertiary/aromatic N) is 5. The van der Waals surface area contributed by atoms with E-state index in [1.165, 1.54) is 19.3 Å². The summed E-state index contributed by atoms with van der Waals surface area (Å²) in [6.45, 7) is 6.97. The van der Waals surface area contributed by atoms with Crippen molar-refractivity contribution in [1.82, 2.24) is 20.3 Å². The Morgan fingerprint density at radius 1 is 1.20 bits per heavy atom. The summed E-state index contributed by atoms with van der Waals surface area (Å²) in [5, 5.41) is 6.88. The van der Waals surface area contributed by atoms with Crippen LogP contribution in [0, 0.1) is 0 Å². The number of piperidine rings is 1. The molecule has 2 aliphatic heterocycles. The number of hydrogen-bond donors (Lipinski definition) is 2. The minimum atomic E-state index is 0.467. The number of rotatable bonds is 5. The van der Waals surface area contributed by atoms with Crippen LogP contribution < -0.4 is 20.4 Å². The molecule has 4 heterocycles. The third kappa shape index (κ3) is 5.34. The first-order chi connectivity index (χ1) is 14.7. The average Bonchev–Trinajstić information content (AvgIpc) is 2.79. The van der Waals surface area contributed by atoms with E-state index >= 15 is 0 Å². The van der Waals surface area contributed by atoms with Gasteiger partial charge in [0.1, 0.15) is 11.6 Å². The van der Waals surface area contributed by atoms with E-state index in [9.17, 15) is 0 Å². The molecule has 1 unspecified atom stereocenters. The van der Waals surface area contributed by atoms with Gasteiger partial charge in [0.15, 0.2) is 5.11 Å². The van der Waals surface area contributed by atoms with Crippen LogP contribution in [-0.2, 0) is 11.3 Å². The number of thiocarbonyl (C=S) groups is 1. The van der Waals surface area contributed by atoms with Crippen molar-refractivity contribution >= 4 is 34.9 Å². The zero-order valence-electron chi connectivity index (χ0n) is 17.4. The maximum absolute atomic E-state index is 5.51. The number of morpholine rings is 1. The Morgan fingerprint density at radius 2 is 2.03 bits per heavy atom. The van der Waals surface area contributed by atoms with Crippen molar-refractivity contribution in [2.24, 2.45) is 0 Å². The fourth-order valence-corrected chi connectivity index (χ4v) is 4.01. The Kier molecular flexibility index (Phi) is 6.91. The van der Waals surface area contributed by atoms with E-state index in [-0.39, 0.29) is 0 Å². The van der Waals surface area contributed by atoms with Gasteiger partial charge in [0.2, 0.25) is 5.95 Å². The molecule has 2 aromatic heterocycles. The SMILES string of the molecule is CC1CCCCN1c1cc(N2CCOCC2)nc(NC(=S)NCc2cccnc2)n1. The van der Waals surface area contributed by atoms with Crippen LogP contribution >= 0.6 is 12.2 Å². The lowest BCUT2D eigenvalue weighted by Gasteiger charge is -2.35. The number of ether oxygens (including phenoxy) is 1. The largest absolute Gasteiger partial charge is 0.378 e. The number of hydrogen-bond acceptors (Lipinski definition) is 7. The summed E-state index contributed by atoms with van der Waals surface area (Å²) < 4.78 is 5.51. The van der Waals surface area contributed by atoms with Gasteiger partial charge < -0.3 is 25.2 Å². The molecule has 2 N–H and O–H groups in total. The predicted octanol–water partition coefficient (Wildman–Crippen LogP) is 2.57. The lowest BCUT2D eigenvalue weighted by Crippen LogP contribution is -2.40. The fourth-order valence-electron chi connectivity index (χ4n) is 3.85. The molecule has 0 bridgehead atoms. The number of pyridine rings is 1. The van der Waals surface area contributed by atoms with Crippen molar-refractivity contribution in [3.05, 3.63) is 36.2 Å². The van der Waals surface area contributed by atoms with Crippen molar-refractivity contribution in [3.63, 3.8) is 0 Å².